The minimum absolute atomic E-state index is 0.0326. The van der Waals surface area contributed by atoms with Gasteiger partial charge in [0.15, 0.2) is 0 Å². The van der Waals surface area contributed by atoms with Crippen molar-refractivity contribution in [1.82, 2.24) is 25.5 Å². The van der Waals surface area contributed by atoms with E-state index in [0.29, 0.717) is 18.7 Å². The molecule has 0 aliphatic carbocycles. The number of thioether (sulfide) groups is 1. The lowest BCUT2D eigenvalue weighted by molar-refractivity contribution is -0.125. The van der Waals surface area contributed by atoms with Crippen LogP contribution in [0.3, 0.4) is 0 Å². The Morgan fingerprint density at radius 3 is 2.86 bits per heavy atom. The van der Waals surface area contributed by atoms with E-state index in [1.54, 1.807) is 24.3 Å². The van der Waals surface area contributed by atoms with Gasteiger partial charge in [0, 0.05) is 48.9 Å². The highest BCUT2D eigenvalue weighted by molar-refractivity contribution is 7.98. The molecule has 2 amide bonds. The van der Waals surface area contributed by atoms with Gasteiger partial charge in [0.1, 0.15) is 0 Å². The molecule has 2 atom stereocenters. The first-order chi connectivity index (χ1) is 14.1. The van der Waals surface area contributed by atoms with Gasteiger partial charge in [-0.1, -0.05) is 12.1 Å². The largest absolute Gasteiger partial charge is 0.355 e. The number of carbonyl (C=O) groups is 2. The minimum atomic E-state index is -0.0675. The highest BCUT2D eigenvalue weighted by atomic mass is 32.2. The first kappa shape index (κ1) is 21.4. The van der Waals surface area contributed by atoms with Crippen LogP contribution in [0.4, 0.5) is 0 Å². The Balaban J connectivity index is 1.51. The third kappa shape index (κ3) is 6.08. The average Bonchev–Trinajstić information content (AvgIpc) is 3.16. The van der Waals surface area contributed by atoms with Crippen molar-refractivity contribution in [3.05, 3.63) is 48.0 Å². The van der Waals surface area contributed by atoms with Crippen LogP contribution in [0.2, 0.25) is 0 Å². The second kappa shape index (κ2) is 10.5. The molecule has 1 saturated heterocycles. The smallest absolute Gasteiger partial charge is 0.252 e. The van der Waals surface area contributed by atoms with E-state index in [-0.39, 0.29) is 23.8 Å². The standard InChI is InChI=1S/C21H29N5O2S/c1-26-12-15(20(27)23-10-9-16-11-22-14-24-16)7-8-17(13-26)25-21(28)18-5-3-4-6-19(18)29-2/h3-6,11,14-15,17H,7-10,12-13H2,1-2H3,(H,22,24)(H,23,27)(H,25,28)/t15-,17+/m1/s1. The molecule has 7 nitrogen and oxygen atoms in total. The van der Waals surface area contributed by atoms with Crippen LogP contribution in [-0.2, 0) is 11.2 Å². The predicted molar refractivity (Wildman–Crippen MR) is 115 cm³/mol. The lowest BCUT2D eigenvalue weighted by Gasteiger charge is -2.22. The summed E-state index contributed by atoms with van der Waals surface area (Å²) in [5.41, 5.74) is 1.72. The lowest BCUT2D eigenvalue weighted by Crippen LogP contribution is -2.42. The van der Waals surface area contributed by atoms with E-state index < -0.39 is 0 Å². The van der Waals surface area contributed by atoms with Gasteiger partial charge in [0.25, 0.3) is 5.91 Å². The van der Waals surface area contributed by atoms with E-state index in [1.165, 1.54) is 0 Å². The van der Waals surface area contributed by atoms with Crippen molar-refractivity contribution in [2.75, 3.05) is 32.9 Å². The molecule has 0 unspecified atom stereocenters. The van der Waals surface area contributed by atoms with Crippen LogP contribution in [-0.4, -0.2) is 65.7 Å². The third-order valence-corrected chi connectivity index (χ3v) is 6.03. The molecule has 3 rings (SSSR count). The van der Waals surface area contributed by atoms with Gasteiger partial charge in [-0.3, -0.25) is 9.59 Å². The van der Waals surface area contributed by atoms with Crippen molar-refractivity contribution >= 4 is 23.6 Å². The summed E-state index contributed by atoms with van der Waals surface area (Å²) in [7, 11) is 2.01. The molecule has 8 heteroatoms. The zero-order valence-electron chi connectivity index (χ0n) is 17.0. The maximum absolute atomic E-state index is 12.8. The lowest BCUT2D eigenvalue weighted by atomic mass is 10.0. The normalized spacial score (nSPS) is 20.1. The molecule has 156 valence electrons. The summed E-state index contributed by atoms with van der Waals surface area (Å²) >= 11 is 1.57. The Morgan fingerprint density at radius 2 is 2.10 bits per heavy atom. The number of amides is 2. The van der Waals surface area contributed by atoms with Crippen molar-refractivity contribution in [2.45, 2.75) is 30.2 Å². The maximum atomic E-state index is 12.8. The van der Waals surface area contributed by atoms with Gasteiger partial charge in [-0.15, -0.1) is 11.8 Å². The molecule has 1 aromatic heterocycles. The predicted octanol–water partition coefficient (Wildman–Crippen LogP) is 1.93. The summed E-state index contributed by atoms with van der Waals surface area (Å²) in [5, 5.41) is 6.20. The number of imidazole rings is 1. The molecule has 2 aromatic rings. The fourth-order valence-corrected chi connectivity index (χ4v) is 4.32. The minimum Gasteiger partial charge on any atom is -0.355 e. The fraction of sp³-hybridized carbons (Fsp3) is 0.476. The average molecular weight is 416 g/mol. The summed E-state index contributed by atoms with van der Waals surface area (Å²) in [6.07, 6.45) is 7.67. The summed E-state index contributed by atoms with van der Waals surface area (Å²) in [6.45, 7) is 2.03. The first-order valence-electron chi connectivity index (χ1n) is 9.94. The van der Waals surface area contributed by atoms with Crippen LogP contribution >= 0.6 is 11.8 Å². The zero-order valence-corrected chi connectivity index (χ0v) is 17.8. The molecule has 2 heterocycles. The summed E-state index contributed by atoms with van der Waals surface area (Å²) < 4.78 is 0. The number of carbonyl (C=O) groups excluding carboxylic acids is 2. The molecule has 1 fully saturated rings. The van der Waals surface area contributed by atoms with Crippen molar-refractivity contribution in [1.29, 1.82) is 0 Å². The molecule has 0 spiro atoms. The summed E-state index contributed by atoms with van der Waals surface area (Å²) in [5.74, 6) is -0.0333. The van der Waals surface area contributed by atoms with Gasteiger partial charge in [-0.2, -0.15) is 0 Å². The molecular weight excluding hydrogens is 386 g/mol. The highest BCUT2D eigenvalue weighted by Crippen LogP contribution is 2.21. The Kier molecular flexibility index (Phi) is 7.71. The fourth-order valence-electron chi connectivity index (χ4n) is 3.73. The van der Waals surface area contributed by atoms with E-state index in [2.05, 4.69) is 25.5 Å². The zero-order chi connectivity index (χ0) is 20.6. The van der Waals surface area contributed by atoms with Crippen LogP contribution in [0.5, 0.6) is 0 Å². The van der Waals surface area contributed by atoms with Crippen LogP contribution < -0.4 is 10.6 Å². The van der Waals surface area contributed by atoms with Crippen LogP contribution in [0.1, 0.15) is 28.9 Å². The highest BCUT2D eigenvalue weighted by Gasteiger charge is 2.27. The molecule has 3 N–H and O–H groups in total. The number of nitrogens with zero attached hydrogens (tertiary/aromatic N) is 2. The molecule has 1 aromatic carbocycles. The maximum Gasteiger partial charge on any atom is 0.252 e. The number of aromatic nitrogens is 2. The van der Waals surface area contributed by atoms with Crippen molar-refractivity contribution < 1.29 is 9.59 Å². The molecule has 0 radical (unpaired) electrons. The number of likely N-dealkylation sites (N-methyl/N-ethyl adjacent to an activating group) is 1. The van der Waals surface area contributed by atoms with Gasteiger partial charge in [-0.05, 0) is 38.3 Å². The van der Waals surface area contributed by atoms with Crippen LogP contribution in [0, 0.1) is 5.92 Å². The third-order valence-electron chi connectivity index (χ3n) is 5.23. The van der Waals surface area contributed by atoms with Crippen LogP contribution in [0.25, 0.3) is 0 Å². The monoisotopic (exact) mass is 415 g/mol. The number of benzene rings is 1. The van der Waals surface area contributed by atoms with Crippen molar-refractivity contribution in [2.24, 2.45) is 5.92 Å². The van der Waals surface area contributed by atoms with E-state index in [9.17, 15) is 9.59 Å². The van der Waals surface area contributed by atoms with E-state index in [4.69, 9.17) is 0 Å². The topological polar surface area (TPSA) is 90.1 Å². The SMILES string of the molecule is CSc1ccccc1C(=O)N[C@H]1CC[C@@H](C(=O)NCCc2cnc[nH]2)CN(C)C1. The van der Waals surface area contributed by atoms with E-state index in [1.807, 2.05) is 37.6 Å². The Hall–Kier alpha value is -2.32. The Bertz CT molecular complexity index is 811. The van der Waals surface area contributed by atoms with Gasteiger partial charge in [0.05, 0.1) is 17.8 Å². The van der Waals surface area contributed by atoms with Crippen LogP contribution in [0.15, 0.2) is 41.7 Å². The summed E-state index contributed by atoms with van der Waals surface area (Å²) in [4.78, 5) is 35.5. The van der Waals surface area contributed by atoms with Crippen molar-refractivity contribution in [3.8, 4) is 0 Å². The number of H-pyrrole nitrogens is 1. The Morgan fingerprint density at radius 1 is 1.28 bits per heavy atom. The molecule has 29 heavy (non-hydrogen) atoms. The molecule has 0 bridgehead atoms. The van der Waals surface area contributed by atoms with E-state index in [0.717, 1.165) is 36.4 Å². The first-order valence-corrected chi connectivity index (χ1v) is 11.2. The number of hydrogen-bond donors (Lipinski definition) is 3. The quantitative estimate of drug-likeness (QED) is 0.601. The van der Waals surface area contributed by atoms with Gasteiger partial charge in [0.2, 0.25) is 5.91 Å². The second-order valence-corrected chi connectivity index (χ2v) is 8.33. The van der Waals surface area contributed by atoms with Crippen molar-refractivity contribution in [3.63, 3.8) is 0 Å². The van der Waals surface area contributed by atoms with E-state index >= 15 is 0 Å². The Labute approximate surface area is 176 Å². The number of nitrogens with one attached hydrogen (secondary N) is 3. The number of hydrogen-bond acceptors (Lipinski definition) is 5. The number of likely N-dealkylation sites (tertiary alicyclic amines) is 1. The second-order valence-electron chi connectivity index (χ2n) is 7.48. The molecule has 1 aliphatic heterocycles. The molecular formula is C21H29N5O2S. The van der Waals surface area contributed by atoms with Gasteiger partial charge in [-0.25, -0.2) is 4.98 Å². The number of rotatable bonds is 7. The number of aromatic amines is 1. The molecule has 1 aliphatic rings. The molecule has 0 saturated carbocycles. The van der Waals surface area contributed by atoms with Gasteiger partial charge < -0.3 is 20.5 Å². The summed E-state index contributed by atoms with van der Waals surface area (Å²) in [6, 6.07) is 7.68. The van der Waals surface area contributed by atoms with Gasteiger partial charge >= 0.3 is 0 Å².